The van der Waals surface area contributed by atoms with Gasteiger partial charge in [-0.15, -0.1) is 0 Å². The summed E-state index contributed by atoms with van der Waals surface area (Å²) in [6.07, 6.45) is 7.40. The molecule has 1 unspecified atom stereocenters. The normalized spacial score (nSPS) is 12.5. The second-order valence-electron chi connectivity index (χ2n) is 9.16. The average molecular weight is 556 g/mol. The number of aryl methyl sites for hydroxylation is 1. The van der Waals surface area contributed by atoms with Gasteiger partial charge >= 0.3 is 5.97 Å². The molecular weight excluding hydrogens is 517 g/mol. The molecule has 3 rings (SSSR count). The van der Waals surface area contributed by atoms with Crippen LogP contribution in [0.5, 0.6) is 5.75 Å². The molecule has 1 atom stereocenters. The fourth-order valence-electron chi connectivity index (χ4n) is 3.58. The zero-order chi connectivity index (χ0) is 28.6. The smallest absolute Gasteiger partial charge is 0.344 e. The van der Waals surface area contributed by atoms with E-state index in [0.29, 0.717) is 23.4 Å². The fourth-order valence-corrected chi connectivity index (χ4v) is 3.58. The van der Waals surface area contributed by atoms with E-state index >= 15 is 0 Å². The molecule has 0 aliphatic rings. The first kappa shape index (κ1) is 31.8. The second kappa shape index (κ2) is 17.3. The summed E-state index contributed by atoms with van der Waals surface area (Å²) in [6.45, 7) is 8.08. The first-order valence-electron chi connectivity index (χ1n) is 13.4. The molecule has 0 spiro atoms. The number of carbonyl (C=O) groups is 1. The number of carboxylic acids is 1. The van der Waals surface area contributed by atoms with E-state index in [4.69, 9.17) is 21.1 Å². The van der Waals surface area contributed by atoms with Crippen LogP contribution >= 0.6 is 11.6 Å². The van der Waals surface area contributed by atoms with Crippen LogP contribution < -0.4 is 4.74 Å². The lowest BCUT2D eigenvalue weighted by Gasteiger charge is -2.13. The van der Waals surface area contributed by atoms with Gasteiger partial charge in [0.15, 0.2) is 6.10 Å². The molecule has 0 radical (unpaired) electrons. The summed E-state index contributed by atoms with van der Waals surface area (Å²) >= 11 is 5.32. The Bertz CT molecular complexity index is 1240. The average Bonchev–Trinajstić information content (AvgIpc) is 2.94. The van der Waals surface area contributed by atoms with Crippen LogP contribution in [0.3, 0.4) is 0 Å². The number of nitrogens with zero attached hydrogens (tertiary/aromatic N) is 1. The Labute approximate surface area is 236 Å². The summed E-state index contributed by atoms with van der Waals surface area (Å²) in [5, 5.41) is 10.9. The lowest BCUT2D eigenvalue weighted by atomic mass is 10.0. The van der Waals surface area contributed by atoms with E-state index in [-0.39, 0.29) is 12.4 Å². The molecule has 1 N–H and O–H groups in total. The highest BCUT2D eigenvalue weighted by molar-refractivity contribution is 6.29. The van der Waals surface area contributed by atoms with Gasteiger partial charge in [0, 0.05) is 10.4 Å². The predicted molar refractivity (Wildman–Crippen MR) is 156 cm³/mol. The van der Waals surface area contributed by atoms with E-state index < -0.39 is 12.1 Å². The molecule has 1 aromatic heterocycles. The highest BCUT2D eigenvalue weighted by Gasteiger charge is 2.17. The molecule has 210 valence electrons. The number of rotatable bonds is 13. The van der Waals surface area contributed by atoms with E-state index in [1.807, 2.05) is 76.2 Å². The van der Waals surface area contributed by atoms with Crippen molar-refractivity contribution in [3.63, 3.8) is 0 Å². The molecule has 2 aromatic carbocycles. The Morgan fingerprint density at radius 3 is 2.46 bits per heavy atom. The van der Waals surface area contributed by atoms with E-state index in [0.717, 1.165) is 53.7 Å². The number of aliphatic carboxylic acids is 1. The molecule has 0 bridgehead atoms. The summed E-state index contributed by atoms with van der Waals surface area (Å²) in [5.41, 5.74) is 3.25. The molecule has 39 heavy (non-hydrogen) atoms. The van der Waals surface area contributed by atoms with E-state index in [9.17, 15) is 14.3 Å². The Kier molecular flexibility index (Phi) is 14.1. The van der Waals surface area contributed by atoms with E-state index in [1.54, 1.807) is 12.3 Å². The van der Waals surface area contributed by atoms with Gasteiger partial charge in [-0.25, -0.2) is 14.2 Å². The maximum absolute atomic E-state index is 14.0. The highest BCUT2D eigenvalue weighted by Crippen LogP contribution is 2.20. The molecule has 0 saturated heterocycles. The van der Waals surface area contributed by atoms with Gasteiger partial charge in [0.2, 0.25) is 0 Å². The number of halogens is 2. The Hall–Kier alpha value is -3.38. The van der Waals surface area contributed by atoms with Gasteiger partial charge in [-0.05, 0) is 81.4 Å². The minimum Gasteiger partial charge on any atom is -0.487 e. The quantitative estimate of drug-likeness (QED) is 0.213. The lowest BCUT2D eigenvalue weighted by molar-refractivity contribution is -0.147. The van der Waals surface area contributed by atoms with Crippen molar-refractivity contribution in [1.29, 1.82) is 0 Å². The summed E-state index contributed by atoms with van der Waals surface area (Å²) in [6, 6.07) is 16.4. The molecule has 0 aliphatic carbocycles. The van der Waals surface area contributed by atoms with Gasteiger partial charge in [-0.1, -0.05) is 68.3 Å². The third-order valence-corrected chi connectivity index (χ3v) is 6.34. The zero-order valence-electron chi connectivity index (χ0n) is 23.3. The monoisotopic (exact) mass is 555 g/mol. The van der Waals surface area contributed by atoms with Gasteiger partial charge in [-0.3, -0.25) is 0 Å². The number of para-hydroxylation sites is 1. The maximum Gasteiger partial charge on any atom is 0.344 e. The number of benzene rings is 2. The van der Waals surface area contributed by atoms with Gasteiger partial charge in [0.05, 0.1) is 12.0 Å². The predicted octanol–water partition coefficient (Wildman–Crippen LogP) is 8.99. The van der Waals surface area contributed by atoms with E-state index in [2.05, 4.69) is 4.98 Å². The number of unbranched alkanes of at least 4 members (excludes halogenated alkanes) is 1. The van der Waals surface area contributed by atoms with Crippen LogP contribution in [0.1, 0.15) is 71.1 Å². The van der Waals surface area contributed by atoms with Crippen LogP contribution in [0.2, 0.25) is 0 Å². The van der Waals surface area contributed by atoms with Crippen molar-refractivity contribution in [2.75, 3.05) is 0 Å². The molecule has 0 fully saturated rings. The van der Waals surface area contributed by atoms with Crippen molar-refractivity contribution in [2.24, 2.45) is 0 Å². The van der Waals surface area contributed by atoms with Gasteiger partial charge in [-0.2, -0.15) is 0 Å². The summed E-state index contributed by atoms with van der Waals surface area (Å²) < 4.78 is 25.4. The number of hydrogen-bond donors (Lipinski definition) is 1. The lowest BCUT2D eigenvalue weighted by Crippen LogP contribution is -2.21. The van der Waals surface area contributed by atoms with Gasteiger partial charge in [0.25, 0.3) is 0 Å². The van der Waals surface area contributed by atoms with Crippen LogP contribution in [0.4, 0.5) is 4.39 Å². The largest absolute Gasteiger partial charge is 0.487 e. The van der Waals surface area contributed by atoms with Crippen molar-refractivity contribution in [3.05, 3.63) is 94.6 Å². The molecule has 1 heterocycles. The van der Waals surface area contributed by atoms with Crippen molar-refractivity contribution in [3.8, 4) is 5.75 Å². The zero-order valence-corrected chi connectivity index (χ0v) is 24.0. The Morgan fingerprint density at radius 1 is 1.13 bits per heavy atom. The Morgan fingerprint density at radius 2 is 1.85 bits per heavy atom. The van der Waals surface area contributed by atoms with Crippen LogP contribution in [-0.2, 0) is 22.6 Å². The number of fused-ring (bicyclic) bond motifs is 1. The molecule has 0 amide bonds. The van der Waals surface area contributed by atoms with Crippen LogP contribution in [0.25, 0.3) is 10.9 Å². The first-order valence-corrected chi connectivity index (χ1v) is 13.8. The summed E-state index contributed by atoms with van der Waals surface area (Å²) in [4.78, 5) is 15.7. The van der Waals surface area contributed by atoms with Crippen LogP contribution in [0, 0.1) is 5.82 Å². The summed E-state index contributed by atoms with van der Waals surface area (Å²) in [5.74, 6) is -0.539. The van der Waals surface area contributed by atoms with Crippen molar-refractivity contribution < 1.29 is 23.8 Å². The van der Waals surface area contributed by atoms with Gasteiger partial charge < -0.3 is 14.6 Å². The minimum atomic E-state index is -0.917. The maximum atomic E-state index is 14.0. The standard InChI is InChI=1S/C28H32FNO4.C4H7Cl/c1-3-5-9-26(28(31)32)34-18-20(4-2)10-11-21-12-16-24(17-13-21)33-19-23-15-14-22-7-6-8-25(29)27(22)30-23;1-3-4(2)5/h6-8,12-18,26H,3-5,9-11,19H2,1-2H3,(H,31,32);3H,1-2H3/b20-18-;4-3+. The number of carboxylic acid groups (broad SMARTS) is 1. The molecule has 7 heteroatoms. The molecule has 5 nitrogen and oxygen atoms in total. The van der Waals surface area contributed by atoms with Gasteiger partial charge in [0.1, 0.15) is 23.7 Å². The second-order valence-corrected chi connectivity index (χ2v) is 9.75. The van der Waals surface area contributed by atoms with Crippen molar-refractivity contribution in [1.82, 2.24) is 4.98 Å². The minimum absolute atomic E-state index is 0.256. The molecule has 0 aliphatic heterocycles. The SMILES string of the molecule is C/C=C(\C)Cl.CCCCC(O/C=C(/CC)CCc1ccc(OCc2ccc3cccc(F)c3n2)cc1)C(=O)O. The number of hydrogen-bond acceptors (Lipinski definition) is 4. The third kappa shape index (κ3) is 11.5. The van der Waals surface area contributed by atoms with Crippen molar-refractivity contribution >= 4 is 28.5 Å². The molecule has 3 aromatic rings. The topological polar surface area (TPSA) is 68.7 Å². The highest BCUT2D eigenvalue weighted by atomic mass is 35.5. The van der Waals surface area contributed by atoms with E-state index in [1.165, 1.54) is 6.07 Å². The van der Waals surface area contributed by atoms with Crippen molar-refractivity contribution in [2.45, 2.75) is 78.9 Å². The van der Waals surface area contributed by atoms with Crippen LogP contribution in [0.15, 0.2) is 77.5 Å². The molecular formula is C32H39ClFNO4. The number of aromatic nitrogens is 1. The number of ether oxygens (including phenoxy) is 2. The molecule has 0 saturated carbocycles. The first-order chi connectivity index (χ1) is 18.8. The number of pyridine rings is 1. The van der Waals surface area contributed by atoms with Crippen LogP contribution in [-0.4, -0.2) is 22.2 Å². The third-order valence-electron chi connectivity index (χ3n) is 6.12. The summed E-state index contributed by atoms with van der Waals surface area (Å²) in [7, 11) is 0. The number of allylic oxidation sites excluding steroid dienone is 3. The Balaban J connectivity index is 0.000000976. The fraction of sp³-hybridized carbons (Fsp3) is 0.375.